The first-order valence-electron chi connectivity index (χ1n) is 7.16. The van der Waals surface area contributed by atoms with Gasteiger partial charge in [-0.3, -0.25) is 4.79 Å². The van der Waals surface area contributed by atoms with Crippen LogP contribution in [0, 0.1) is 11.3 Å². The lowest BCUT2D eigenvalue weighted by molar-refractivity contribution is -0.140. The number of halogens is 1. The van der Waals surface area contributed by atoms with E-state index in [-0.39, 0.29) is 22.9 Å². The lowest BCUT2D eigenvalue weighted by Crippen LogP contribution is -2.30. The molecule has 0 saturated heterocycles. The number of nitrogens with one attached hydrogen (secondary N) is 1. The predicted octanol–water partition coefficient (Wildman–Crippen LogP) is 3.00. The number of alkyl halides is 1. The molecule has 1 saturated carbocycles. The van der Waals surface area contributed by atoms with E-state index in [1.807, 2.05) is 13.8 Å². The van der Waals surface area contributed by atoms with Gasteiger partial charge in [-0.25, -0.2) is 4.79 Å². The van der Waals surface area contributed by atoms with Gasteiger partial charge in [0.15, 0.2) is 0 Å². The first-order valence-corrected chi connectivity index (χ1v) is 7.70. The number of hydrogen-bond acceptors (Lipinski definition) is 3. The molecule has 1 aliphatic carbocycles. The predicted molar refractivity (Wildman–Crippen MR) is 79.3 cm³/mol. The summed E-state index contributed by atoms with van der Waals surface area (Å²) in [6, 6.07) is 0. The fourth-order valence-corrected chi connectivity index (χ4v) is 2.20. The van der Waals surface area contributed by atoms with E-state index in [0.717, 1.165) is 19.3 Å². The van der Waals surface area contributed by atoms with Gasteiger partial charge in [-0.15, -0.1) is 11.6 Å². The minimum Gasteiger partial charge on any atom is -0.461 e. The molecular weight excluding hydrogens is 278 g/mol. The number of hydrogen-bond donors (Lipinski definition) is 1. The molecule has 1 amide bonds. The SMILES string of the molecule is CCOC(=O)C(=CCCCCCl)NC(=O)[C@H]1CC1(C)C. The second kappa shape index (κ2) is 7.67. The number of carbonyl (C=O) groups is 2. The summed E-state index contributed by atoms with van der Waals surface area (Å²) in [6.07, 6.45) is 5.07. The number of unbranched alkanes of at least 4 members (excludes halogenated alkanes) is 2. The van der Waals surface area contributed by atoms with Crippen LogP contribution in [0.4, 0.5) is 0 Å². The number of rotatable bonds is 8. The Balaban J connectivity index is 2.58. The Labute approximate surface area is 125 Å². The number of carbonyl (C=O) groups excluding carboxylic acids is 2. The normalized spacial score (nSPS) is 20.4. The van der Waals surface area contributed by atoms with Crippen molar-refractivity contribution in [3.05, 3.63) is 11.8 Å². The first-order chi connectivity index (χ1) is 9.42. The fraction of sp³-hybridized carbons (Fsp3) is 0.733. The quantitative estimate of drug-likeness (QED) is 0.324. The highest BCUT2D eigenvalue weighted by Gasteiger charge is 2.50. The van der Waals surface area contributed by atoms with Crippen molar-refractivity contribution in [3.8, 4) is 0 Å². The summed E-state index contributed by atoms with van der Waals surface area (Å²) in [5.41, 5.74) is 0.303. The molecule has 0 radical (unpaired) electrons. The molecule has 0 heterocycles. The Hall–Kier alpha value is -1.03. The van der Waals surface area contributed by atoms with Crippen molar-refractivity contribution in [3.63, 3.8) is 0 Å². The van der Waals surface area contributed by atoms with Gasteiger partial charge in [-0.2, -0.15) is 0 Å². The molecule has 1 atom stereocenters. The molecule has 1 rings (SSSR count). The highest BCUT2D eigenvalue weighted by Crippen LogP contribution is 2.51. The fourth-order valence-electron chi connectivity index (χ4n) is 2.01. The van der Waals surface area contributed by atoms with E-state index in [9.17, 15) is 9.59 Å². The molecule has 20 heavy (non-hydrogen) atoms. The Morgan fingerprint density at radius 1 is 1.40 bits per heavy atom. The molecule has 114 valence electrons. The van der Waals surface area contributed by atoms with Crippen LogP contribution in [0.1, 0.15) is 46.5 Å². The van der Waals surface area contributed by atoms with Crippen LogP contribution in [0.3, 0.4) is 0 Å². The van der Waals surface area contributed by atoms with Crippen molar-refractivity contribution in [1.29, 1.82) is 0 Å². The Morgan fingerprint density at radius 2 is 2.05 bits per heavy atom. The second-order valence-electron chi connectivity index (χ2n) is 5.76. The van der Waals surface area contributed by atoms with Gasteiger partial charge in [0.2, 0.25) is 5.91 Å². The van der Waals surface area contributed by atoms with Gasteiger partial charge in [0, 0.05) is 11.8 Å². The molecule has 1 fully saturated rings. The minimum absolute atomic E-state index is 0.0110. The Kier molecular flexibility index (Phi) is 6.53. The zero-order valence-corrected chi connectivity index (χ0v) is 13.3. The van der Waals surface area contributed by atoms with Gasteiger partial charge in [-0.05, 0) is 38.0 Å². The third-order valence-electron chi connectivity index (χ3n) is 3.52. The van der Waals surface area contributed by atoms with E-state index < -0.39 is 5.97 Å². The molecule has 0 aliphatic heterocycles. The second-order valence-corrected chi connectivity index (χ2v) is 6.14. The van der Waals surface area contributed by atoms with Crippen molar-refractivity contribution >= 4 is 23.5 Å². The van der Waals surface area contributed by atoms with Crippen LogP contribution in [0.2, 0.25) is 0 Å². The van der Waals surface area contributed by atoms with E-state index in [1.54, 1.807) is 13.0 Å². The standard InChI is InChI=1S/C15H24ClNO3/c1-4-20-14(19)12(8-6-5-7-9-16)17-13(18)11-10-15(11,2)3/h8,11H,4-7,9-10H2,1-3H3,(H,17,18)/t11-/m1/s1. The van der Waals surface area contributed by atoms with Crippen LogP contribution in [0.15, 0.2) is 11.8 Å². The van der Waals surface area contributed by atoms with Gasteiger partial charge in [0.05, 0.1) is 6.61 Å². The average Bonchev–Trinajstić information content (AvgIpc) is 3.02. The Morgan fingerprint density at radius 3 is 2.55 bits per heavy atom. The average molecular weight is 302 g/mol. The van der Waals surface area contributed by atoms with Crippen LogP contribution in [-0.4, -0.2) is 24.4 Å². The Bertz CT molecular complexity index is 391. The van der Waals surface area contributed by atoms with Crippen molar-refractivity contribution in [2.45, 2.75) is 46.5 Å². The van der Waals surface area contributed by atoms with E-state index in [1.165, 1.54) is 0 Å². The largest absolute Gasteiger partial charge is 0.461 e. The number of amides is 1. The lowest BCUT2D eigenvalue weighted by atomic mass is 10.1. The molecule has 0 bridgehead atoms. The maximum atomic E-state index is 12.0. The van der Waals surface area contributed by atoms with E-state index in [2.05, 4.69) is 5.32 Å². The van der Waals surface area contributed by atoms with Crippen LogP contribution in [0.25, 0.3) is 0 Å². The maximum Gasteiger partial charge on any atom is 0.354 e. The van der Waals surface area contributed by atoms with E-state index in [0.29, 0.717) is 18.9 Å². The monoisotopic (exact) mass is 301 g/mol. The van der Waals surface area contributed by atoms with E-state index in [4.69, 9.17) is 16.3 Å². The van der Waals surface area contributed by atoms with Crippen molar-refractivity contribution in [2.24, 2.45) is 11.3 Å². The highest BCUT2D eigenvalue weighted by atomic mass is 35.5. The molecule has 0 aromatic carbocycles. The summed E-state index contributed by atoms with van der Waals surface area (Å²) in [5.74, 6) is 0.0329. The van der Waals surface area contributed by atoms with Crippen molar-refractivity contribution in [2.75, 3.05) is 12.5 Å². The van der Waals surface area contributed by atoms with Crippen molar-refractivity contribution < 1.29 is 14.3 Å². The third kappa shape index (κ3) is 5.16. The summed E-state index contributed by atoms with van der Waals surface area (Å²) < 4.78 is 4.97. The van der Waals surface area contributed by atoms with Crippen LogP contribution >= 0.6 is 11.6 Å². The number of ether oxygens (including phenoxy) is 1. The first kappa shape index (κ1) is 17.0. The molecule has 0 spiro atoms. The van der Waals surface area contributed by atoms with Gasteiger partial charge in [0.1, 0.15) is 5.70 Å². The molecule has 5 heteroatoms. The molecule has 1 N–H and O–H groups in total. The smallest absolute Gasteiger partial charge is 0.354 e. The molecule has 0 unspecified atom stereocenters. The summed E-state index contributed by atoms with van der Waals surface area (Å²) in [7, 11) is 0. The molecule has 0 aromatic heterocycles. The summed E-state index contributed by atoms with van der Waals surface area (Å²) in [4.78, 5) is 23.9. The minimum atomic E-state index is -0.467. The van der Waals surface area contributed by atoms with Crippen LogP contribution in [-0.2, 0) is 14.3 Å². The summed E-state index contributed by atoms with van der Waals surface area (Å²) in [5, 5.41) is 2.71. The molecule has 0 aromatic rings. The van der Waals surface area contributed by atoms with Crippen molar-refractivity contribution in [1.82, 2.24) is 5.32 Å². The van der Waals surface area contributed by atoms with Gasteiger partial charge >= 0.3 is 5.97 Å². The third-order valence-corrected chi connectivity index (χ3v) is 3.79. The zero-order chi connectivity index (χ0) is 15.2. The topological polar surface area (TPSA) is 55.4 Å². The molecular formula is C15H24ClNO3. The van der Waals surface area contributed by atoms with Crippen LogP contribution in [0.5, 0.6) is 0 Å². The number of esters is 1. The van der Waals surface area contributed by atoms with Gasteiger partial charge in [0.25, 0.3) is 0 Å². The lowest BCUT2D eigenvalue weighted by Gasteiger charge is -2.10. The maximum absolute atomic E-state index is 12.0. The van der Waals surface area contributed by atoms with E-state index >= 15 is 0 Å². The summed E-state index contributed by atoms with van der Waals surface area (Å²) in [6.45, 7) is 6.13. The van der Waals surface area contributed by atoms with Gasteiger partial charge in [-0.1, -0.05) is 19.9 Å². The number of allylic oxidation sites excluding steroid dienone is 1. The summed E-state index contributed by atoms with van der Waals surface area (Å²) >= 11 is 5.61. The zero-order valence-electron chi connectivity index (χ0n) is 12.5. The molecule has 4 nitrogen and oxygen atoms in total. The van der Waals surface area contributed by atoms with Gasteiger partial charge < -0.3 is 10.1 Å². The highest BCUT2D eigenvalue weighted by molar-refractivity contribution is 6.17. The molecule has 1 aliphatic rings. The van der Waals surface area contributed by atoms with Crippen LogP contribution < -0.4 is 5.32 Å².